The Morgan fingerprint density at radius 1 is 1.04 bits per heavy atom. The topological polar surface area (TPSA) is 81.2 Å². The van der Waals surface area contributed by atoms with Gasteiger partial charge < -0.3 is 19.8 Å². The van der Waals surface area contributed by atoms with Gasteiger partial charge in [-0.15, -0.1) is 0 Å². The molecule has 2 saturated heterocycles. The summed E-state index contributed by atoms with van der Waals surface area (Å²) in [5.74, 6) is -0.803. The van der Waals surface area contributed by atoms with Crippen LogP contribution in [0.1, 0.15) is 32.6 Å². The van der Waals surface area contributed by atoms with E-state index in [9.17, 15) is 19.5 Å². The number of carboxylic acids is 1. The summed E-state index contributed by atoms with van der Waals surface area (Å²) in [5, 5.41) is 9.40. The number of aliphatic carboxylic acids is 1. The summed E-state index contributed by atoms with van der Waals surface area (Å²) in [4.78, 5) is 41.0. The normalized spacial score (nSPS) is 26.0. The number of amides is 3. The summed E-state index contributed by atoms with van der Waals surface area (Å²) in [6.45, 7) is 3.65. The average Bonchev–Trinajstić information content (AvgIpc) is 2.53. The van der Waals surface area contributed by atoms with Gasteiger partial charge in [0.25, 0.3) is 0 Å². The molecule has 2 atom stereocenters. The fourth-order valence-corrected chi connectivity index (χ4v) is 3.47. The number of carboxylic acid groups (broad SMARTS) is 1. The number of rotatable bonds is 2. The first-order valence-corrected chi connectivity index (χ1v) is 8.30. The molecule has 0 aliphatic carbocycles. The molecule has 2 fully saturated rings. The summed E-state index contributed by atoms with van der Waals surface area (Å²) in [7, 11) is 3.43. The van der Waals surface area contributed by atoms with Gasteiger partial charge in [-0.25, -0.2) is 9.59 Å². The van der Waals surface area contributed by atoms with Crippen LogP contribution in [0.2, 0.25) is 0 Å². The minimum Gasteiger partial charge on any atom is -0.480 e. The molecule has 1 N–H and O–H groups in total. The number of urea groups is 1. The molecule has 7 heteroatoms. The standard InChI is InChI=1S/C16H27N3O4/c1-11-4-9-19(13(10-11)15(21)22)14(20)12-5-7-18(8-6-12)16(23)17(2)3/h11-13H,4-10H2,1-3H3,(H,21,22). The first-order valence-electron chi connectivity index (χ1n) is 8.30. The van der Waals surface area contributed by atoms with E-state index in [0.29, 0.717) is 44.8 Å². The second-order valence-corrected chi connectivity index (χ2v) is 6.95. The van der Waals surface area contributed by atoms with E-state index >= 15 is 0 Å². The number of carbonyl (C=O) groups is 3. The van der Waals surface area contributed by atoms with Crippen molar-refractivity contribution in [1.29, 1.82) is 0 Å². The van der Waals surface area contributed by atoms with Crippen LogP contribution in [-0.2, 0) is 9.59 Å². The first-order chi connectivity index (χ1) is 10.8. The van der Waals surface area contributed by atoms with Crippen molar-refractivity contribution in [1.82, 2.24) is 14.7 Å². The Labute approximate surface area is 137 Å². The fraction of sp³-hybridized carbons (Fsp3) is 0.812. The molecular weight excluding hydrogens is 298 g/mol. The van der Waals surface area contributed by atoms with E-state index in [1.807, 2.05) is 6.92 Å². The first kappa shape index (κ1) is 17.6. The van der Waals surface area contributed by atoms with Crippen molar-refractivity contribution in [2.75, 3.05) is 33.7 Å². The molecule has 7 nitrogen and oxygen atoms in total. The van der Waals surface area contributed by atoms with Gasteiger partial charge in [0.2, 0.25) is 5.91 Å². The molecular formula is C16H27N3O4. The Kier molecular flexibility index (Phi) is 5.49. The lowest BCUT2D eigenvalue weighted by atomic mass is 9.89. The van der Waals surface area contributed by atoms with Crippen LogP contribution in [-0.4, -0.2) is 77.5 Å². The second kappa shape index (κ2) is 7.19. The van der Waals surface area contributed by atoms with Crippen LogP contribution >= 0.6 is 0 Å². The van der Waals surface area contributed by atoms with Gasteiger partial charge in [0.1, 0.15) is 6.04 Å². The third kappa shape index (κ3) is 3.95. The van der Waals surface area contributed by atoms with Crippen LogP contribution in [0.15, 0.2) is 0 Å². The summed E-state index contributed by atoms with van der Waals surface area (Å²) >= 11 is 0. The molecule has 0 aromatic heterocycles. The number of carbonyl (C=O) groups excluding carboxylic acids is 2. The lowest BCUT2D eigenvalue weighted by Crippen LogP contribution is -2.53. The highest BCUT2D eigenvalue weighted by atomic mass is 16.4. The number of hydrogen-bond acceptors (Lipinski definition) is 3. The van der Waals surface area contributed by atoms with Crippen molar-refractivity contribution in [2.24, 2.45) is 11.8 Å². The van der Waals surface area contributed by atoms with Gasteiger partial charge in [0.15, 0.2) is 0 Å². The zero-order valence-corrected chi connectivity index (χ0v) is 14.2. The zero-order chi connectivity index (χ0) is 17.1. The Morgan fingerprint density at radius 3 is 2.17 bits per heavy atom. The second-order valence-electron chi connectivity index (χ2n) is 6.95. The maximum atomic E-state index is 12.7. The highest BCUT2D eigenvalue weighted by molar-refractivity contribution is 5.85. The molecule has 2 unspecified atom stereocenters. The quantitative estimate of drug-likeness (QED) is 0.824. The third-order valence-electron chi connectivity index (χ3n) is 4.93. The third-order valence-corrected chi connectivity index (χ3v) is 4.93. The number of hydrogen-bond donors (Lipinski definition) is 1. The van der Waals surface area contributed by atoms with Crippen molar-refractivity contribution < 1.29 is 19.5 Å². The molecule has 130 valence electrons. The molecule has 3 amide bonds. The molecule has 0 aromatic carbocycles. The largest absolute Gasteiger partial charge is 0.480 e. The molecule has 0 saturated carbocycles. The van der Waals surface area contributed by atoms with E-state index in [2.05, 4.69) is 0 Å². The molecule has 0 bridgehead atoms. The molecule has 0 spiro atoms. The van der Waals surface area contributed by atoms with E-state index in [4.69, 9.17) is 0 Å². The van der Waals surface area contributed by atoms with Crippen LogP contribution in [0.25, 0.3) is 0 Å². The predicted octanol–water partition coefficient (Wildman–Crippen LogP) is 1.09. The van der Waals surface area contributed by atoms with Gasteiger partial charge in [-0.3, -0.25) is 4.79 Å². The molecule has 0 aromatic rings. The maximum Gasteiger partial charge on any atom is 0.326 e. The molecule has 0 radical (unpaired) electrons. The highest BCUT2D eigenvalue weighted by Crippen LogP contribution is 2.27. The van der Waals surface area contributed by atoms with Gasteiger partial charge in [-0.05, 0) is 31.6 Å². The molecule has 23 heavy (non-hydrogen) atoms. The molecule has 2 aliphatic heterocycles. The zero-order valence-electron chi connectivity index (χ0n) is 14.2. The maximum absolute atomic E-state index is 12.7. The number of nitrogens with zero attached hydrogens (tertiary/aromatic N) is 3. The minimum atomic E-state index is -0.912. The van der Waals surface area contributed by atoms with Crippen LogP contribution in [0, 0.1) is 11.8 Å². The Balaban J connectivity index is 1.96. The molecule has 2 heterocycles. The van der Waals surface area contributed by atoms with Gasteiger partial charge in [0.05, 0.1) is 0 Å². The average molecular weight is 325 g/mol. The van der Waals surface area contributed by atoms with E-state index in [1.165, 1.54) is 4.90 Å². The van der Waals surface area contributed by atoms with Crippen molar-refractivity contribution in [3.8, 4) is 0 Å². The Hall–Kier alpha value is -1.79. The molecule has 2 rings (SSSR count). The van der Waals surface area contributed by atoms with E-state index in [1.54, 1.807) is 23.9 Å². The minimum absolute atomic E-state index is 0.0360. The number of piperidine rings is 2. The van der Waals surface area contributed by atoms with Gasteiger partial charge in [-0.2, -0.15) is 0 Å². The Bertz CT molecular complexity index is 472. The van der Waals surface area contributed by atoms with Gasteiger partial charge >= 0.3 is 12.0 Å². The fourth-order valence-electron chi connectivity index (χ4n) is 3.47. The van der Waals surface area contributed by atoms with E-state index in [-0.39, 0.29) is 17.9 Å². The van der Waals surface area contributed by atoms with Gasteiger partial charge in [-0.1, -0.05) is 6.92 Å². The van der Waals surface area contributed by atoms with Crippen LogP contribution < -0.4 is 0 Å². The lowest BCUT2D eigenvalue weighted by molar-refractivity contribution is -0.155. The van der Waals surface area contributed by atoms with Crippen LogP contribution in [0.5, 0.6) is 0 Å². The van der Waals surface area contributed by atoms with Crippen molar-refractivity contribution >= 4 is 17.9 Å². The monoisotopic (exact) mass is 325 g/mol. The highest BCUT2D eigenvalue weighted by Gasteiger charge is 2.38. The number of likely N-dealkylation sites (tertiary alicyclic amines) is 2. The summed E-state index contributed by atoms with van der Waals surface area (Å²) in [6.07, 6.45) is 2.60. The van der Waals surface area contributed by atoms with Crippen molar-refractivity contribution in [3.05, 3.63) is 0 Å². The lowest BCUT2D eigenvalue weighted by Gasteiger charge is -2.40. The van der Waals surface area contributed by atoms with E-state index < -0.39 is 12.0 Å². The summed E-state index contributed by atoms with van der Waals surface area (Å²) in [5.41, 5.74) is 0. The summed E-state index contributed by atoms with van der Waals surface area (Å²) in [6, 6.07) is -0.737. The van der Waals surface area contributed by atoms with Crippen molar-refractivity contribution in [2.45, 2.75) is 38.6 Å². The molecule has 2 aliphatic rings. The predicted molar refractivity (Wildman–Crippen MR) is 84.9 cm³/mol. The summed E-state index contributed by atoms with van der Waals surface area (Å²) < 4.78 is 0. The smallest absolute Gasteiger partial charge is 0.326 e. The SMILES string of the molecule is CC1CCN(C(=O)C2CCN(C(=O)N(C)C)CC2)C(C(=O)O)C1. The van der Waals surface area contributed by atoms with Crippen molar-refractivity contribution in [3.63, 3.8) is 0 Å². The van der Waals surface area contributed by atoms with E-state index in [0.717, 1.165) is 6.42 Å². The van der Waals surface area contributed by atoms with Crippen LogP contribution in [0.4, 0.5) is 4.79 Å². The Morgan fingerprint density at radius 2 is 1.65 bits per heavy atom. The van der Waals surface area contributed by atoms with Crippen LogP contribution in [0.3, 0.4) is 0 Å². The van der Waals surface area contributed by atoms with Gasteiger partial charge in [0, 0.05) is 39.6 Å².